The highest BCUT2D eigenvalue weighted by Crippen LogP contribution is 2.18. The van der Waals surface area contributed by atoms with Crippen LogP contribution < -0.4 is 4.72 Å². The highest BCUT2D eigenvalue weighted by atomic mass is 79.9. The second kappa shape index (κ2) is 5.82. The van der Waals surface area contributed by atoms with Gasteiger partial charge in [0, 0.05) is 15.3 Å². The Bertz CT molecular complexity index is 469. The molecular formula is C11H15Br2NO2S. The number of hydrogen-bond donors (Lipinski definition) is 1. The molecule has 0 fully saturated rings. The maximum atomic E-state index is 12.1. The number of nitrogens with one attached hydrogen (secondary N) is 1. The third-order valence-corrected chi connectivity index (χ3v) is 4.89. The first-order valence-corrected chi connectivity index (χ1v) is 8.52. The van der Waals surface area contributed by atoms with Crippen molar-refractivity contribution in [3.8, 4) is 0 Å². The van der Waals surface area contributed by atoms with Crippen LogP contribution in [0.1, 0.15) is 20.3 Å². The van der Waals surface area contributed by atoms with E-state index in [0.29, 0.717) is 0 Å². The molecule has 17 heavy (non-hydrogen) atoms. The van der Waals surface area contributed by atoms with E-state index < -0.39 is 15.6 Å². The Kier molecular flexibility index (Phi) is 5.19. The van der Waals surface area contributed by atoms with Crippen LogP contribution in [0.3, 0.4) is 0 Å². The minimum Gasteiger partial charge on any atom is -0.207 e. The Morgan fingerprint density at radius 3 is 2.24 bits per heavy atom. The molecule has 0 heterocycles. The minimum atomic E-state index is -3.45. The van der Waals surface area contributed by atoms with E-state index in [1.165, 1.54) is 0 Å². The number of alkyl halides is 1. The van der Waals surface area contributed by atoms with Gasteiger partial charge in [-0.3, -0.25) is 0 Å². The highest BCUT2D eigenvalue weighted by molar-refractivity contribution is 9.10. The van der Waals surface area contributed by atoms with Crippen molar-refractivity contribution in [2.75, 3.05) is 5.33 Å². The second-order valence-electron chi connectivity index (χ2n) is 4.38. The molecule has 1 N–H and O–H groups in total. The van der Waals surface area contributed by atoms with Crippen molar-refractivity contribution in [2.45, 2.75) is 30.7 Å². The van der Waals surface area contributed by atoms with Crippen molar-refractivity contribution >= 4 is 41.9 Å². The molecular weight excluding hydrogens is 370 g/mol. The smallest absolute Gasteiger partial charge is 0.207 e. The number of benzene rings is 1. The molecule has 0 spiro atoms. The van der Waals surface area contributed by atoms with Gasteiger partial charge in [-0.2, -0.15) is 0 Å². The fraction of sp³-hybridized carbons (Fsp3) is 0.455. The van der Waals surface area contributed by atoms with Crippen LogP contribution in [0, 0.1) is 0 Å². The average molecular weight is 385 g/mol. The highest BCUT2D eigenvalue weighted by Gasteiger charge is 2.25. The summed E-state index contributed by atoms with van der Waals surface area (Å²) in [4.78, 5) is 0.281. The summed E-state index contributed by atoms with van der Waals surface area (Å²) in [5.74, 6) is 0. The van der Waals surface area contributed by atoms with Gasteiger partial charge in [-0.1, -0.05) is 31.9 Å². The first-order valence-electron chi connectivity index (χ1n) is 5.12. The number of sulfonamides is 1. The van der Waals surface area contributed by atoms with E-state index >= 15 is 0 Å². The SMILES string of the molecule is CC(C)(CCBr)NS(=O)(=O)c1ccc(Br)cc1. The zero-order chi connectivity index (χ0) is 13.1. The van der Waals surface area contributed by atoms with Crippen LogP contribution in [0.5, 0.6) is 0 Å². The molecule has 1 rings (SSSR count). The molecule has 0 atom stereocenters. The van der Waals surface area contributed by atoms with Crippen LogP contribution in [0.2, 0.25) is 0 Å². The first kappa shape index (κ1) is 15.1. The van der Waals surface area contributed by atoms with Crippen LogP contribution in [0.25, 0.3) is 0 Å². The number of halogens is 2. The summed E-state index contributed by atoms with van der Waals surface area (Å²) >= 11 is 6.59. The molecule has 3 nitrogen and oxygen atoms in total. The van der Waals surface area contributed by atoms with Gasteiger partial charge in [-0.15, -0.1) is 0 Å². The monoisotopic (exact) mass is 383 g/mol. The minimum absolute atomic E-state index is 0.281. The van der Waals surface area contributed by atoms with Gasteiger partial charge in [0.05, 0.1) is 4.90 Å². The van der Waals surface area contributed by atoms with E-state index in [4.69, 9.17) is 0 Å². The van der Waals surface area contributed by atoms with Gasteiger partial charge in [0.25, 0.3) is 0 Å². The summed E-state index contributed by atoms with van der Waals surface area (Å²) in [5.41, 5.74) is -0.463. The zero-order valence-electron chi connectivity index (χ0n) is 9.70. The van der Waals surface area contributed by atoms with Crippen molar-refractivity contribution in [2.24, 2.45) is 0 Å². The molecule has 0 bridgehead atoms. The van der Waals surface area contributed by atoms with Gasteiger partial charge in [0.1, 0.15) is 0 Å². The summed E-state index contributed by atoms with van der Waals surface area (Å²) in [6.07, 6.45) is 0.725. The van der Waals surface area contributed by atoms with Crippen LogP contribution in [0.4, 0.5) is 0 Å². The van der Waals surface area contributed by atoms with Crippen molar-refractivity contribution < 1.29 is 8.42 Å². The molecule has 0 aromatic heterocycles. The molecule has 96 valence electrons. The maximum absolute atomic E-state index is 12.1. The molecule has 0 aliphatic heterocycles. The quantitative estimate of drug-likeness (QED) is 0.791. The fourth-order valence-electron chi connectivity index (χ4n) is 1.32. The fourth-order valence-corrected chi connectivity index (χ4v) is 4.02. The van der Waals surface area contributed by atoms with E-state index in [1.54, 1.807) is 24.3 Å². The van der Waals surface area contributed by atoms with E-state index in [1.807, 2.05) is 13.8 Å². The molecule has 1 aromatic rings. The van der Waals surface area contributed by atoms with Crippen molar-refractivity contribution in [3.05, 3.63) is 28.7 Å². The molecule has 0 saturated carbocycles. The lowest BCUT2D eigenvalue weighted by molar-refractivity contribution is 0.443. The summed E-state index contributed by atoms with van der Waals surface area (Å²) in [6, 6.07) is 6.59. The summed E-state index contributed by atoms with van der Waals surface area (Å²) in [6.45, 7) is 3.73. The van der Waals surface area contributed by atoms with Crippen molar-refractivity contribution in [1.82, 2.24) is 4.72 Å². The maximum Gasteiger partial charge on any atom is 0.241 e. The van der Waals surface area contributed by atoms with E-state index in [2.05, 4.69) is 36.6 Å². The lowest BCUT2D eigenvalue weighted by Gasteiger charge is -2.25. The van der Waals surface area contributed by atoms with Crippen LogP contribution in [0.15, 0.2) is 33.6 Å². The largest absolute Gasteiger partial charge is 0.241 e. The molecule has 6 heteroatoms. The Balaban J connectivity index is 2.93. The van der Waals surface area contributed by atoms with Crippen LogP contribution >= 0.6 is 31.9 Å². The van der Waals surface area contributed by atoms with Gasteiger partial charge >= 0.3 is 0 Å². The molecule has 0 unspecified atom stereocenters. The van der Waals surface area contributed by atoms with Crippen molar-refractivity contribution in [3.63, 3.8) is 0 Å². The molecule has 0 aliphatic carbocycles. The molecule has 0 saturated heterocycles. The first-order chi connectivity index (χ1) is 7.77. The molecule has 0 amide bonds. The lowest BCUT2D eigenvalue weighted by Crippen LogP contribution is -2.43. The standard InChI is InChI=1S/C11H15Br2NO2S/c1-11(2,7-8-12)14-17(15,16)10-5-3-9(13)4-6-10/h3-6,14H,7-8H2,1-2H3. The van der Waals surface area contributed by atoms with Gasteiger partial charge < -0.3 is 0 Å². The number of hydrogen-bond acceptors (Lipinski definition) is 2. The predicted molar refractivity (Wildman–Crippen MR) is 77.0 cm³/mol. The number of rotatable bonds is 5. The zero-order valence-corrected chi connectivity index (χ0v) is 13.7. The topological polar surface area (TPSA) is 46.2 Å². The predicted octanol–water partition coefficient (Wildman–Crippen LogP) is 3.29. The summed E-state index contributed by atoms with van der Waals surface area (Å²) in [7, 11) is -3.45. The molecule has 1 aromatic carbocycles. The van der Waals surface area contributed by atoms with Gasteiger partial charge in [0.2, 0.25) is 10.0 Å². The van der Waals surface area contributed by atoms with E-state index in [0.717, 1.165) is 16.2 Å². The van der Waals surface area contributed by atoms with Gasteiger partial charge in [0.15, 0.2) is 0 Å². The van der Waals surface area contributed by atoms with Gasteiger partial charge in [-0.25, -0.2) is 13.1 Å². The van der Waals surface area contributed by atoms with Gasteiger partial charge in [-0.05, 0) is 44.5 Å². The third kappa shape index (κ3) is 4.69. The lowest BCUT2D eigenvalue weighted by atomic mass is 10.0. The molecule has 0 radical (unpaired) electrons. The Labute approximate surface area is 119 Å². The summed E-state index contributed by atoms with van der Waals surface area (Å²) in [5, 5.41) is 0.753. The summed E-state index contributed by atoms with van der Waals surface area (Å²) < 4.78 is 27.7. The Hall–Kier alpha value is 0.0900. The van der Waals surface area contributed by atoms with Crippen LogP contribution in [-0.4, -0.2) is 19.3 Å². The second-order valence-corrected chi connectivity index (χ2v) is 7.77. The molecule has 0 aliphatic rings. The normalized spacial score (nSPS) is 12.7. The third-order valence-electron chi connectivity index (χ3n) is 2.25. The average Bonchev–Trinajstić information content (AvgIpc) is 2.16. The van der Waals surface area contributed by atoms with E-state index in [9.17, 15) is 8.42 Å². The Morgan fingerprint density at radius 2 is 1.76 bits per heavy atom. The van der Waals surface area contributed by atoms with Crippen molar-refractivity contribution in [1.29, 1.82) is 0 Å². The van der Waals surface area contributed by atoms with E-state index in [-0.39, 0.29) is 4.90 Å². The Morgan fingerprint density at radius 1 is 1.24 bits per heavy atom. The van der Waals surface area contributed by atoms with Crippen LogP contribution in [-0.2, 0) is 10.0 Å².